The molecule has 2 aromatic rings. The Bertz CT molecular complexity index is 708. The molecule has 2 saturated heterocycles. The summed E-state index contributed by atoms with van der Waals surface area (Å²) in [4.78, 5) is 0. The molecule has 0 amide bonds. The van der Waals surface area contributed by atoms with Crippen molar-refractivity contribution in [3.05, 3.63) is 48.0 Å². The fourth-order valence-electron chi connectivity index (χ4n) is 4.59. The molecule has 2 aliphatic rings. The van der Waals surface area contributed by atoms with Gasteiger partial charge >= 0.3 is 0 Å². The summed E-state index contributed by atoms with van der Waals surface area (Å²) in [5.41, 5.74) is 0.894. The molecule has 0 aliphatic carbocycles. The Hall–Kier alpha value is -1.42. The molecule has 2 fully saturated rings. The zero-order valence-corrected chi connectivity index (χ0v) is 13.9. The fourth-order valence-corrected chi connectivity index (χ4v) is 4.59. The maximum absolute atomic E-state index is 11.4. The zero-order chi connectivity index (χ0) is 15.9. The molecule has 2 aromatic carbocycles. The summed E-state index contributed by atoms with van der Waals surface area (Å²) in [5, 5.41) is 13.7. The Morgan fingerprint density at radius 2 is 1.78 bits per heavy atom. The van der Waals surface area contributed by atoms with Crippen LogP contribution in [0.25, 0.3) is 10.8 Å². The van der Waals surface area contributed by atoms with Crippen molar-refractivity contribution in [2.24, 2.45) is 0 Å². The minimum absolute atomic E-state index is 0.0818. The van der Waals surface area contributed by atoms with Gasteiger partial charge in [-0.3, -0.25) is 0 Å². The lowest BCUT2D eigenvalue weighted by molar-refractivity contribution is -0.955. The summed E-state index contributed by atoms with van der Waals surface area (Å²) in [6.45, 7) is 6.14. The van der Waals surface area contributed by atoms with Crippen molar-refractivity contribution < 1.29 is 14.3 Å². The second kappa shape index (κ2) is 5.59. The van der Waals surface area contributed by atoms with E-state index in [-0.39, 0.29) is 6.10 Å². The van der Waals surface area contributed by atoms with Crippen LogP contribution in [0.2, 0.25) is 0 Å². The van der Waals surface area contributed by atoms with Gasteiger partial charge in [-0.2, -0.15) is 0 Å². The van der Waals surface area contributed by atoms with E-state index in [9.17, 15) is 5.11 Å². The van der Waals surface area contributed by atoms with E-state index in [1.807, 2.05) is 18.2 Å². The number of nitrogens with zero attached hydrogens (tertiary/aromatic N) is 1. The number of hydrogen-bond acceptors (Lipinski definition) is 2. The molecule has 1 spiro atoms. The summed E-state index contributed by atoms with van der Waals surface area (Å²) in [5.74, 6) is -1.17. The average Bonchev–Trinajstić information content (AvgIpc) is 2.54. The Morgan fingerprint density at radius 1 is 1.04 bits per heavy atom. The standard InChI is InChI=1S/C20H26NO2/c1-16-14-21(11-5-2-6-12-21)15-20(22,23-16)19-10-9-17-7-3-4-8-18(17)13-19/h3-4,7-10,13,16,22H,2,5-6,11-12,14-15H2,1H3/q+1/t16-,20-/m1/s1. The molecule has 0 saturated carbocycles. The Balaban J connectivity index is 1.71. The Morgan fingerprint density at radius 3 is 2.57 bits per heavy atom. The summed E-state index contributed by atoms with van der Waals surface area (Å²) in [6, 6.07) is 14.5. The number of fused-ring (bicyclic) bond motifs is 1. The predicted molar refractivity (Wildman–Crippen MR) is 92.0 cm³/mol. The molecular formula is C20H26NO2+. The van der Waals surface area contributed by atoms with Gasteiger partial charge in [0, 0.05) is 5.56 Å². The maximum atomic E-state index is 11.4. The van der Waals surface area contributed by atoms with Gasteiger partial charge in [-0.15, -0.1) is 0 Å². The highest BCUT2D eigenvalue weighted by atomic mass is 16.6. The number of benzene rings is 2. The van der Waals surface area contributed by atoms with Crippen LogP contribution in [0.15, 0.2) is 42.5 Å². The van der Waals surface area contributed by atoms with Gasteiger partial charge < -0.3 is 14.3 Å². The lowest BCUT2D eigenvalue weighted by atomic mass is 9.95. The molecule has 3 heteroatoms. The third-order valence-corrected chi connectivity index (χ3v) is 5.56. The second-order valence-electron chi connectivity index (χ2n) is 7.46. The minimum atomic E-state index is -1.17. The molecule has 122 valence electrons. The van der Waals surface area contributed by atoms with Gasteiger partial charge in [0.05, 0.1) is 13.1 Å². The number of morpholine rings is 1. The van der Waals surface area contributed by atoms with Crippen molar-refractivity contribution in [1.29, 1.82) is 0 Å². The van der Waals surface area contributed by atoms with Crippen LogP contribution in [0, 0.1) is 0 Å². The van der Waals surface area contributed by atoms with Crippen molar-refractivity contribution in [2.75, 3.05) is 26.2 Å². The summed E-state index contributed by atoms with van der Waals surface area (Å²) >= 11 is 0. The van der Waals surface area contributed by atoms with E-state index >= 15 is 0 Å². The number of aliphatic hydroxyl groups is 1. The van der Waals surface area contributed by atoms with E-state index in [4.69, 9.17) is 4.74 Å². The maximum Gasteiger partial charge on any atom is 0.244 e. The van der Waals surface area contributed by atoms with Gasteiger partial charge in [-0.25, -0.2) is 0 Å². The molecule has 4 rings (SSSR count). The van der Waals surface area contributed by atoms with Gasteiger partial charge in [-0.1, -0.05) is 36.4 Å². The van der Waals surface area contributed by atoms with Crippen molar-refractivity contribution in [3.8, 4) is 0 Å². The fraction of sp³-hybridized carbons (Fsp3) is 0.500. The van der Waals surface area contributed by atoms with Gasteiger partial charge in [0.15, 0.2) is 0 Å². The smallest absolute Gasteiger partial charge is 0.244 e. The molecule has 0 aromatic heterocycles. The number of quaternary nitrogens is 1. The molecule has 23 heavy (non-hydrogen) atoms. The molecule has 2 heterocycles. The first-order valence-electron chi connectivity index (χ1n) is 8.83. The Kier molecular flexibility index (Phi) is 3.67. The van der Waals surface area contributed by atoms with Crippen LogP contribution in [0.4, 0.5) is 0 Å². The lowest BCUT2D eigenvalue weighted by Gasteiger charge is -2.51. The van der Waals surface area contributed by atoms with E-state index in [0.717, 1.165) is 22.0 Å². The minimum Gasteiger partial charge on any atom is -0.357 e. The summed E-state index contributed by atoms with van der Waals surface area (Å²) in [6.07, 6.45) is 3.93. The zero-order valence-electron chi connectivity index (χ0n) is 13.9. The first-order valence-corrected chi connectivity index (χ1v) is 8.83. The van der Waals surface area contributed by atoms with Gasteiger partial charge in [0.25, 0.3) is 0 Å². The highest BCUT2D eigenvalue weighted by molar-refractivity contribution is 5.83. The number of rotatable bonds is 1. The number of piperidine rings is 1. The van der Waals surface area contributed by atoms with E-state index < -0.39 is 5.79 Å². The molecule has 0 unspecified atom stereocenters. The van der Waals surface area contributed by atoms with Crippen molar-refractivity contribution in [3.63, 3.8) is 0 Å². The van der Waals surface area contributed by atoms with Crippen LogP contribution in [0.5, 0.6) is 0 Å². The summed E-state index contributed by atoms with van der Waals surface area (Å²) in [7, 11) is 0. The second-order valence-corrected chi connectivity index (χ2v) is 7.46. The molecule has 1 N–H and O–H groups in total. The predicted octanol–water partition coefficient (Wildman–Crippen LogP) is 3.40. The molecular weight excluding hydrogens is 286 g/mol. The molecule has 0 bridgehead atoms. The first kappa shape index (κ1) is 15.1. The van der Waals surface area contributed by atoms with Gasteiger partial charge in [0.1, 0.15) is 19.2 Å². The van der Waals surface area contributed by atoms with Crippen molar-refractivity contribution in [1.82, 2.24) is 0 Å². The van der Waals surface area contributed by atoms with Gasteiger partial charge in [-0.05, 0) is 43.0 Å². The van der Waals surface area contributed by atoms with Crippen LogP contribution >= 0.6 is 0 Å². The quantitative estimate of drug-likeness (QED) is 0.818. The monoisotopic (exact) mass is 312 g/mol. The first-order chi connectivity index (χ1) is 11.1. The van der Waals surface area contributed by atoms with Gasteiger partial charge in [0.2, 0.25) is 5.79 Å². The van der Waals surface area contributed by atoms with E-state index in [1.165, 1.54) is 37.7 Å². The molecule has 3 nitrogen and oxygen atoms in total. The van der Waals surface area contributed by atoms with E-state index in [1.54, 1.807) is 0 Å². The lowest BCUT2D eigenvalue weighted by Crippen LogP contribution is -2.65. The van der Waals surface area contributed by atoms with Crippen LogP contribution < -0.4 is 0 Å². The molecule has 2 aliphatic heterocycles. The van der Waals surface area contributed by atoms with Crippen LogP contribution in [0.1, 0.15) is 31.7 Å². The Labute approximate surface area is 138 Å². The summed E-state index contributed by atoms with van der Waals surface area (Å²) < 4.78 is 7.08. The number of ether oxygens (including phenoxy) is 1. The van der Waals surface area contributed by atoms with Crippen molar-refractivity contribution >= 4 is 10.8 Å². The van der Waals surface area contributed by atoms with E-state index in [0.29, 0.717) is 6.54 Å². The highest BCUT2D eigenvalue weighted by Gasteiger charge is 2.49. The third kappa shape index (κ3) is 2.78. The van der Waals surface area contributed by atoms with Crippen LogP contribution in [-0.4, -0.2) is 41.9 Å². The van der Waals surface area contributed by atoms with Crippen LogP contribution in [0.3, 0.4) is 0 Å². The largest absolute Gasteiger partial charge is 0.357 e. The number of hydrogen-bond donors (Lipinski definition) is 1. The highest BCUT2D eigenvalue weighted by Crippen LogP contribution is 2.36. The van der Waals surface area contributed by atoms with E-state index in [2.05, 4.69) is 31.2 Å². The third-order valence-electron chi connectivity index (χ3n) is 5.56. The SMILES string of the molecule is C[C@@H]1C[N+]2(CCCCC2)C[C@](O)(c2ccc3ccccc3c2)O1. The van der Waals surface area contributed by atoms with Crippen molar-refractivity contribution in [2.45, 2.75) is 38.1 Å². The normalized spacial score (nSPS) is 30.6. The molecule has 0 radical (unpaired) electrons. The molecule has 2 atom stereocenters. The topological polar surface area (TPSA) is 29.5 Å². The average molecular weight is 312 g/mol. The van der Waals surface area contributed by atoms with Crippen LogP contribution in [-0.2, 0) is 10.5 Å².